The highest BCUT2D eigenvalue weighted by Crippen LogP contribution is 2.44. The Morgan fingerprint density at radius 1 is 1.20 bits per heavy atom. The van der Waals surface area contributed by atoms with Gasteiger partial charge in [0.2, 0.25) is 5.91 Å². The SMILES string of the molecule is CCn1ncc(-c2cc(C(F)(F)F)nc3sc(C(N)=O)c(NC(=O)C(C)Cn4nc(C)c([N+](=O)[O-])c4C)c23)c1C. The van der Waals surface area contributed by atoms with Crippen molar-refractivity contribution in [1.29, 1.82) is 0 Å². The van der Waals surface area contributed by atoms with Gasteiger partial charge in [0.1, 0.15) is 26.8 Å². The number of alkyl halides is 3. The third-order valence-corrected chi connectivity index (χ3v) is 7.64. The molecule has 0 aliphatic rings. The maximum atomic E-state index is 13.8. The molecule has 3 N–H and O–H groups in total. The molecule has 0 aliphatic heterocycles. The Hall–Kier alpha value is -4.34. The van der Waals surface area contributed by atoms with E-state index in [0.717, 1.165) is 6.07 Å². The van der Waals surface area contributed by atoms with E-state index in [9.17, 15) is 32.9 Å². The van der Waals surface area contributed by atoms with Crippen molar-refractivity contribution in [2.75, 3.05) is 5.32 Å². The van der Waals surface area contributed by atoms with Gasteiger partial charge in [0.05, 0.1) is 29.3 Å². The molecule has 1 atom stereocenters. The van der Waals surface area contributed by atoms with E-state index in [4.69, 9.17) is 5.73 Å². The Balaban J connectivity index is 1.83. The number of aromatic nitrogens is 5. The fraction of sp³-hybridized carbons (Fsp3) is 0.375. The third kappa shape index (κ3) is 5.01. The Labute approximate surface area is 229 Å². The number of carbonyl (C=O) groups is 2. The lowest BCUT2D eigenvalue weighted by Gasteiger charge is -2.15. The number of nitrogens with zero attached hydrogens (tertiary/aromatic N) is 6. The summed E-state index contributed by atoms with van der Waals surface area (Å²) in [5, 5.41) is 22.5. The van der Waals surface area contributed by atoms with Crippen LogP contribution in [0, 0.1) is 36.8 Å². The number of nitro groups is 1. The highest BCUT2D eigenvalue weighted by atomic mass is 32.1. The highest BCUT2D eigenvalue weighted by Gasteiger charge is 2.36. The number of nitrogens with two attached hydrogens (primary N) is 1. The van der Waals surface area contributed by atoms with Crippen LogP contribution in [0.1, 0.15) is 46.3 Å². The van der Waals surface area contributed by atoms with Crippen LogP contribution in [0.15, 0.2) is 12.3 Å². The van der Waals surface area contributed by atoms with Crippen LogP contribution in [-0.4, -0.2) is 41.3 Å². The van der Waals surface area contributed by atoms with Gasteiger partial charge >= 0.3 is 11.9 Å². The van der Waals surface area contributed by atoms with Crippen molar-refractivity contribution < 1.29 is 27.7 Å². The highest BCUT2D eigenvalue weighted by molar-refractivity contribution is 7.21. The van der Waals surface area contributed by atoms with Crippen LogP contribution >= 0.6 is 11.3 Å². The normalized spacial score (nSPS) is 12.6. The number of nitrogens with one attached hydrogen (secondary N) is 1. The minimum Gasteiger partial charge on any atom is -0.365 e. The number of aryl methyl sites for hydroxylation is 2. The number of hydrogen-bond acceptors (Lipinski definition) is 8. The van der Waals surface area contributed by atoms with Crippen LogP contribution < -0.4 is 11.1 Å². The van der Waals surface area contributed by atoms with Crippen molar-refractivity contribution in [2.24, 2.45) is 11.7 Å². The fourth-order valence-corrected chi connectivity index (χ4v) is 5.50. The number of amides is 2. The van der Waals surface area contributed by atoms with Crippen molar-refractivity contribution in [2.45, 2.75) is 53.9 Å². The molecular weight excluding hydrogens is 553 g/mol. The van der Waals surface area contributed by atoms with Crippen LogP contribution in [0.2, 0.25) is 0 Å². The molecule has 4 aromatic heterocycles. The predicted molar refractivity (Wildman–Crippen MR) is 141 cm³/mol. The Morgan fingerprint density at radius 3 is 2.40 bits per heavy atom. The molecule has 2 amide bonds. The summed E-state index contributed by atoms with van der Waals surface area (Å²) in [6, 6.07) is 0.859. The van der Waals surface area contributed by atoms with E-state index in [-0.39, 0.29) is 50.0 Å². The van der Waals surface area contributed by atoms with Gasteiger partial charge in [-0.1, -0.05) is 6.92 Å². The zero-order valence-electron chi connectivity index (χ0n) is 22.1. The molecule has 4 rings (SSSR count). The molecule has 212 valence electrons. The van der Waals surface area contributed by atoms with Gasteiger partial charge in [0, 0.05) is 23.2 Å². The molecule has 4 heterocycles. The average Bonchev–Trinajstić information content (AvgIpc) is 3.50. The summed E-state index contributed by atoms with van der Waals surface area (Å²) in [7, 11) is 0. The van der Waals surface area contributed by atoms with Crippen LogP contribution in [0.5, 0.6) is 0 Å². The van der Waals surface area contributed by atoms with E-state index < -0.39 is 34.5 Å². The summed E-state index contributed by atoms with van der Waals surface area (Å²) >= 11 is 0.638. The Kier molecular flexibility index (Phi) is 7.40. The summed E-state index contributed by atoms with van der Waals surface area (Å²) < 4.78 is 44.3. The quantitative estimate of drug-likeness (QED) is 0.228. The lowest BCUT2D eigenvalue weighted by atomic mass is 10.0. The van der Waals surface area contributed by atoms with Crippen molar-refractivity contribution in [3.05, 3.63) is 50.0 Å². The zero-order chi connectivity index (χ0) is 29.7. The number of primary amides is 1. The molecule has 0 radical (unpaired) electrons. The third-order valence-electron chi connectivity index (χ3n) is 6.54. The topological polar surface area (TPSA) is 164 Å². The van der Waals surface area contributed by atoms with E-state index in [1.807, 2.05) is 6.92 Å². The summed E-state index contributed by atoms with van der Waals surface area (Å²) in [6.07, 6.45) is -3.37. The van der Waals surface area contributed by atoms with Crippen LogP contribution in [0.25, 0.3) is 21.3 Å². The number of thiophene rings is 1. The first-order valence-electron chi connectivity index (χ1n) is 12.0. The van der Waals surface area contributed by atoms with E-state index in [1.54, 1.807) is 18.5 Å². The molecule has 0 saturated heterocycles. The minimum atomic E-state index is -4.78. The summed E-state index contributed by atoms with van der Waals surface area (Å²) in [5.74, 6) is -2.38. The van der Waals surface area contributed by atoms with Gasteiger partial charge in [-0.3, -0.25) is 29.1 Å². The number of pyridine rings is 1. The summed E-state index contributed by atoms with van der Waals surface area (Å²) in [5.41, 5.74) is 5.64. The van der Waals surface area contributed by atoms with E-state index in [0.29, 0.717) is 29.1 Å². The van der Waals surface area contributed by atoms with Crippen LogP contribution in [-0.2, 0) is 24.1 Å². The van der Waals surface area contributed by atoms with Crippen molar-refractivity contribution in [3.63, 3.8) is 0 Å². The number of halogens is 3. The first-order chi connectivity index (χ1) is 18.6. The first-order valence-corrected chi connectivity index (χ1v) is 12.8. The van der Waals surface area contributed by atoms with Gasteiger partial charge < -0.3 is 11.1 Å². The van der Waals surface area contributed by atoms with E-state index in [1.165, 1.54) is 24.7 Å². The van der Waals surface area contributed by atoms with Gasteiger partial charge in [-0.15, -0.1) is 11.3 Å². The molecule has 12 nitrogen and oxygen atoms in total. The van der Waals surface area contributed by atoms with Gasteiger partial charge in [0.15, 0.2) is 0 Å². The predicted octanol–water partition coefficient (Wildman–Crippen LogP) is 4.60. The molecule has 0 aliphatic carbocycles. The van der Waals surface area contributed by atoms with Gasteiger partial charge in [-0.2, -0.15) is 23.4 Å². The maximum absolute atomic E-state index is 13.8. The molecular formula is C24H25F3N8O4S. The molecule has 1 unspecified atom stereocenters. The zero-order valence-corrected chi connectivity index (χ0v) is 22.9. The second kappa shape index (κ2) is 10.3. The lowest BCUT2D eigenvalue weighted by Crippen LogP contribution is -2.26. The van der Waals surface area contributed by atoms with Gasteiger partial charge in [0.25, 0.3) is 5.91 Å². The number of carbonyl (C=O) groups excluding carboxylic acids is 2. The monoisotopic (exact) mass is 578 g/mol. The standard InChI is InChI=1S/C24H25F3N8O4S/c1-6-33-12(4)15(8-29-33)14-7-16(24(25,26)27)30-23-17(14)18(20(40-23)21(28)36)31-22(37)10(2)9-34-13(5)19(35(38)39)11(3)32-34/h7-8,10H,6,9H2,1-5H3,(H2,28,36)(H,31,37). The molecule has 0 aromatic carbocycles. The number of fused-ring (bicyclic) bond motifs is 1. The average molecular weight is 579 g/mol. The largest absolute Gasteiger partial charge is 0.433 e. The molecule has 4 aromatic rings. The van der Waals surface area contributed by atoms with Crippen molar-refractivity contribution in [3.8, 4) is 11.1 Å². The van der Waals surface area contributed by atoms with Gasteiger partial charge in [-0.25, -0.2) is 4.98 Å². The van der Waals surface area contributed by atoms with Crippen molar-refractivity contribution in [1.82, 2.24) is 24.5 Å². The van der Waals surface area contributed by atoms with Crippen LogP contribution in [0.3, 0.4) is 0 Å². The number of hydrogen-bond donors (Lipinski definition) is 2. The van der Waals surface area contributed by atoms with Gasteiger partial charge in [-0.05, 0) is 39.3 Å². The lowest BCUT2D eigenvalue weighted by molar-refractivity contribution is -0.386. The first kappa shape index (κ1) is 28.7. The van der Waals surface area contributed by atoms with E-state index >= 15 is 0 Å². The van der Waals surface area contributed by atoms with E-state index in [2.05, 4.69) is 20.5 Å². The Bertz CT molecular complexity index is 1670. The number of rotatable bonds is 8. The molecule has 0 saturated carbocycles. The molecule has 0 spiro atoms. The second-order valence-electron chi connectivity index (χ2n) is 9.21. The molecule has 0 fully saturated rings. The van der Waals surface area contributed by atoms with Crippen molar-refractivity contribution >= 4 is 44.7 Å². The van der Waals surface area contributed by atoms with Crippen LogP contribution in [0.4, 0.5) is 24.5 Å². The second-order valence-corrected chi connectivity index (χ2v) is 10.2. The summed E-state index contributed by atoms with van der Waals surface area (Å²) in [6.45, 7) is 8.49. The minimum absolute atomic E-state index is 0.0357. The fourth-order valence-electron chi connectivity index (χ4n) is 4.50. The summed E-state index contributed by atoms with van der Waals surface area (Å²) in [4.78, 5) is 39.9. The molecule has 16 heteroatoms. The Morgan fingerprint density at radius 2 is 1.88 bits per heavy atom. The smallest absolute Gasteiger partial charge is 0.365 e. The maximum Gasteiger partial charge on any atom is 0.433 e. The molecule has 40 heavy (non-hydrogen) atoms. The number of anilines is 1. The molecule has 0 bridgehead atoms.